The van der Waals surface area contributed by atoms with Gasteiger partial charge in [-0.1, -0.05) is 30.3 Å². The largest absolute Gasteiger partial charge is 0.494 e. The van der Waals surface area contributed by atoms with E-state index in [-0.39, 0.29) is 5.56 Å². The first kappa shape index (κ1) is 15.4. The molecule has 2 N–H and O–H groups in total. The Morgan fingerprint density at radius 3 is 2.33 bits per heavy atom. The van der Waals surface area contributed by atoms with Gasteiger partial charge in [-0.3, -0.25) is 0 Å². The minimum Gasteiger partial charge on any atom is -0.494 e. The minimum atomic E-state index is -4.40. The second-order valence-electron chi connectivity index (χ2n) is 4.56. The maximum atomic E-state index is 13.1. The molecule has 2 nitrogen and oxygen atoms in total. The highest BCUT2D eigenvalue weighted by Gasteiger charge is 2.33. The summed E-state index contributed by atoms with van der Waals surface area (Å²) in [5.74, 6) is 0.412. The fraction of sp³-hybridized carbons (Fsp3) is 0.250. The highest BCUT2D eigenvalue weighted by atomic mass is 19.4. The molecule has 0 aliphatic heterocycles. The fourth-order valence-corrected chi connectivity index (χ4v) is 1.99. The van der Waals surface area contributed by atoms with Gasteiger partial charge in [-0.2, -0.15) is 13.2 Å². The molecule has 5 heteroatoms. The lowest BCUT2D eigenvalue weighted by Crippen LogP contribution is -2.09. The summed E-state index contributed by atoms with van der Waals surface area (Å²) in [6.07, 6.45) is -3.75. The van der Waals surface area contributed by atoms with Crippen LogP contribution in [0.3, 0.4) is 0 Å². The van der Waals surface area contributed by atoms with Gasteiger partial charge < -0.3 is 10.5 Å². The predicted octanol–water partition coefficient (Wildman–Crippen LogP) is 4.10. The van der Waals surface area contributed by atoms with Crippen LogP contribution in [0.15, 0.2) is 48.5 Å². The summed E-state index contributed by atoms with van der Waals surface area (Å²) in [5.41, 5.74) is 5.33. The molecule has 0 spiro atoms. The Bertz CT molecular complexity index is 582. The van der Waals surface area contributed by atoms with Gasteiger partial charge in [0.05, 0.1) is 12.2 Å². The third kappa shape index (κ3) is 3.98. The molecule has 0 atom stereocenters. The number of ether oxygens (including phenoxy) is 1. The predicted molar refractivity (Wildman–Crippen MR) is 76.0 cm³/mol. The third-order valence-corrected chi connectivity index (χ3v) is 3.00. The maximum Gasteiger partial charge on any atom is 0.417 e. The lowest BCUT2D eigenvalue weighted by molar-refractivity contribution is -0.137. The Balaban J connectivity index is 2.40. The van der Waals surface area contributed by atoms with E-state index in [0.29, 0.717) is 30.9 Å². The molecule has 21 heavy (non-hydrogen) atoms. The average molecular weight is 295 g/mol. The summed E-state index contributed by atoms with van der Waals surface area (Å²) in [6, 6.07) is 12.3. The lowest BCUT2D eigenvalue weighted by Gasteiger charge is -2.15. The minimum absolute atomic E-state index is 0.119. The van der Waals surface area contributed by atoms with Crippen LogP contribution in [0.4, 0.5) is 13.2 Å². The third-order valence-electron chi connectivity index (χ3n) is 3.00. The lowest BCUT2D eigenvalue weighted by atomic mass is 9.99. The van der Waals surface area contributed by atoms with Crippen molar-refractivity contribution in [3.63, 3.8) is 0 Å². The van der Waals surface area contributed by atoms with E-state index in [2.05, 4.69) is 0 Å². The van der Waals surface area contributed by atoms with Gasteiger partial charge in [0.25, 0.3) is 0 Å². The van der Waals surface area contributed by atoms with E-state index in [1.54, 1.807) is 30.3 Å². The normalized spacial score (nSPS) is 11.4. The van der Waals surface area contributed by atoms with Crippen molar-refractivity contribution in [2.75, 3.05) is 13.2 Å². The van der Waals surface area contributed by atoms with Crippen molar-refractivity contribution in [1.29, 1.82) is 0 Å². The summed E-state index contributed by atoms with van der Waals surface area (Å²) >= 11 is 0. The molecule has 0 aromatic heterocycles. The summed E-state index contributed by atoms with van der Waals surface area (Å²) in [6.45, 7) is 0.863. The Kier molecular flexibility index (Phi) is 4.85. The van der Waals surface area contributed by atoms with Crippen LogP contribution < -0.4 is 10.5 Å². The first-order valence-electron chi connectivity index (χ1n) is 6.62. The molecular formula is C16H16F3NO. The van der Waals surface area contributed by atoms with Gasteiger partial charge in [0.1, 0.15) is 5.75 Å². The van der Waals surface area contributed by atoms with E-state index in [1.807, 2.05) is 0 Å². The fourth-order valence-electron chi connectivity index (χ4n) is 1.99. The summed E-state index contributed by atoms with van der Waals surface area (Å²) in [5, 5.41) is 0. The van der Waals surface area contributed by atoms with E-state index in [4.69, 9.17) is 10.5 Å². The van der Waals surface area contributed by atoms with Crippen LogP contribution in [-0.2, 0) is 6.18 Å². The van der Waals surface area contributed by atoms with Gasteiger partial charge >= 0.3 is 6.18 Å². The molecule has 0 radical (unpaired) electrons. The number of nitrogens with two attached hydrogens (primary N) is 1. The molecule has 0 fully saturated rings. The Hall–Kier alpha value is -2.01. The van der Waals surface area contributed by atoms with E-state index >= 15 is 0 Å². The highest BCUT2D eigenvalue weighted by Crippen LogP contribution is 2.38. The van der Waals surface area contributed by atoms with Gasteiger partial charge in [0.15, 0.2) is 0 Å². The molecule has 0 saturated carbocycles. The smallest absolute Gasteiger partial charge is 0.417 e. The summed E-state index contributed by atoms with van der Waals surface area (Å²) < 4.78 is 44.8. The monoisotopic (exact) mass is 295 g/mol. The second-order valence-corrected chi connectivity index (χ2v) is 4.56. The van der Waals surface area contributed by atoms with Crippen molar-refractivity contribution in [2.45, 2.75) is 12.6 Å². The van der Waals surface area contributed by atoms with E-state index < -0.39 is 11.7 Å². The van der Waals surface area contributed by atoms with Crippen LogP contribution in [0.5, 0.6) is 5.75 Å². The number of hydrogen-bond acceptors (Lipinski definition) is 2. The molecule has 0 saturated heterocycles. The highest BCUT2D eigenvalue weighted by molar-refractivity contribution is 5.69. The maximum absolute atomic E-state index is 13.1. The zero-order valence-electron chi connectivity index (χ0n) is 11.4. The molecule has 112 valence electrons. The van der Waals surface area contributed by atoms with Crippen molar-refractivity contribution < 1.29 is 17.9 Å². The van der Waals surface area contributed by atoms with E-state index in [9.17, 15) is 13.2 Å². The van der Waals surface area contributed by atoms with Crippen LogP contribution in [0.1, 0.15) is 12.0 Å². The molecule has 0 heterocycles. The SMILES string of the molecule is NCCCOc1ccc(C(F)(F)F)c(-c2ccccc2)c1. The molecule has 0 bridgehead atoms. The second kappa shape index (κ2) is 6.63. The van der Waals surface area contributed by atoms with E-state index in [1.165, 1.54) is 12.1 Å². The van der Waals surface area contributed by atoms with E-state index in [0.717, 1.165) is 6.07 Å². The first-order chi connectivity index (χ1) is 10.0. The molecule has 0 unspecified atom stereocenters. The van der Waals surface area contributed by atoms with Crippen LogP contribution >= 0.6 is 0 Å². The van der Waals surface area contributed by atoms with Gasteiger partial charge in [-0.05, 0) is 42.3 Å². The van der Waals surface area contributed by atoms with Crippen molar-refractivity contribution in [3.05, 3.63) is 54.1 Å². The molecule has 2 rings (SSSR count). The summed E-state index contributed by atoms with van der Waals surface area (Å²) in [7, 11) is 0. The molecule has 2 aromatic rings. The Labute approximate surface area is 121 Å². The van der Waals surface area contributed by atoms with Gasteiger partial charge in [0.2, 0.25) is 0 Å². The standard InChI is InChI=1S/C16H16F3NO/c17-16(18,19)15-8-7-13(21-10-4-9-20)11-14(15)12-5-2-1-3-6-12/h1-3,5-8,11H,4,9-10,20H2. The van der Waals surface area contributed by atoms with Crippen molar-refractivity contribution in [1.82, 2.24) is 0 Å². The number of hydrogen-bond donors (Lipinski definition) is 1. The van der Waals surface area contributed by atoms with Gasteiger partial charge in [0, 0.05) is 0 Å². The van der Waals surface area contributed by atoms with Crippen LogP contribution in [-0.4, -0.2) is 13.2 Å². The number of halogens is 3. The zero-order chi connectivity index (χ0) is 15.3. The van der Waals surface area contributed by atoms with Gasteiger partial charge in [-0.25, -0.2) is 0 Å². The van der Waals surface area contributed by atoms with Gasteiger partial charge in [-0.15, -0.1) is 0 Å². The number of benzene rings is 2. The number of rotatable bonds is 5. The Morgan fingerprint density at radius 1 is 1.00 bits per heavy atom. The average Bonchev–Trinajstić information content (AvgIpc) is 2.47. The quantitative estimate of drug-likeness (QED) is 0.843. The van der Waals surface area contributed by atoms with Crippen LogP contribution in [0, 0.1) is 0 Å². The van der Waals surface area contributed by atoms with Crippen molar-refractivity contribution >= 4 is 0 Å². The Morgan fingerprint density at radius 2 is 1.71 bits per heavy atom. The zero-order valence-corrected chi connectivity index (χ0v) is 11.4. The number of alkyl halides is 3. The first-order valence-corrected chi connectivity index (χ1v) is 6.62. The molecule has 0 aliphatic rings. The topological polar surface area (TPSA) is 35.2 Å². The van der Waals surface area contributed by atoms with Crippen molar-refractivity contribution in [3.8, 4) is 16.9 Å². The summed E-state index contributed by atoms with van der Waals surface area (Å²) in [4.78, 5) is 0. The van der Waals surface area contributed by atoms with Crippen LogP contribution in [0.2, 0.25) is 0 Å². The molecule has 0 amide bonds. The molecular weight excluding hydrogens is 279 g/mol. The molecule has 0 aliphatic carbocycles. The van der Waals surface area contributed by atoms with Crippen molar-refractivity contribution in [2.24, 2.45) is 5.73 Å². The van der Waals surface area contributed by atoms with Crippen LogP contribution in [0.25, 0.3) is 11.1 Å². The molecule has 2 aromatic carbocycles.